The van der Waals surface area contributed by atoms with Crippen molar-refractivity contribution in [2.75, 3.05) is 12.4 Å². The van der Waals surface area contributed by atoms with Gasteiger partial charge in [0.2, 0.25) is 0 Å². The molecule has 0 saturated carbocycles. The summed E-state index contributed by atoms with van der Waals surface area (Å²) in [5, 5.41) is 9.45. The predicted molar refractivity (Wildman–Crippen MR) is 73.6 cm³/mol. The molecule has 0 radical (unpaired) electrons. The van der Waals surface area contributed by atoms with Gasteiger partial charge in [0.25, 0.3) is 5.56 Å². The summed E-state index contributed by atoms with van der Waals surface area (Å²) in [6, 6.07) is 0. The molecular weight excluding hydrogens is 268 g/mol. The molecule has 0 spiro atoms. The van der Waals surface area contributed by atoms with E-state index in [0.29, 0.717) is 28.6 Å². The molecule has 0 bridgehead atoms. The zero-order chi connectivity index (χ0) is 14.0. The molecule has 0 aromatic carbocycles. The van der Waals surface area contributed by atoms with Gasteiger partial charge in [-0.2, -0.15) is 0 Å². The van der Waals surface area contributed by atoms with Crippen LogP contribution in [-0.2, 0) is 13.6 Å². The monoisotopic (exact) mass is 282 g/mol. The Morgan fingerprint density at radius 3 is 2.89 bits per heavy atom. The van der Waals surface area contributed by atoms with E-state index in [1.165, 1.54) is 16.3 Å². The normalized spacial score (nSPS) is 11.1. The van der Waals surface area contributed by atoms with Crippen molar-refractivity contribution in [1.82, 2.24) is 19.1 Å². The number of imidazole rings is 1. The van der Waals surface area contributed by atoms with Crippen molar-refractivity contribution in [3.8, 4) is 0 Å². The quantitative estimate of drug-likeness (QED) is 0.580. The zero-order valence-corrected chi connectivity index (χ0v) is 11.2. The lowest BCUT2D eigenvalue weighted by atomic mass is 10.5. The third-order valence-electron chi connectivity index (χ3n) is 2.61. The number of aromatic nitrogens is 4. The summed E-state index contributed by atoms with van der Waals surface area (Å²) < 4.78 is 2.97. The van der Waals surface area contributed by atoms with Crippen molar-refractivity contribution in [3.63, 3.8) is 0 Å². The van der Waals surface area contributed by atoms with E-state index in [9.17, 15) is 9.59 Å². The fourth-order valence-electron chi connectivity index (χ4n) is 1.76. The van der Waals surface area contributed by atoms with E-state index in [1.807, 2.05) is 0 Å². The molecule has 2 aromatic rings. The zero-order valence-electron chi connectivity index (χ0n) is 10.4. The van der Waals surface area contributed by atoms with Crippen molar-refractivity contribution >= 4 is 22.9 Å². The highest BCUT2D eigenvalue weighted by atomic mass is 32.2. The Balaban J connectivity index is 2.76. The largest absolute Gasteiger partial charge is 0.396 e. The van der Waals surface area contributed by atoms with Gasteiger partial charge in [0, 0.05) is 19.3 Å². The summed E-state index contributed by atoms with van der Waals surface area (Å²) in [5.41, 5.74) is -0.304. The lowest BCUT2D eigenvalue weighted by Crippen LogP contribution is -2.29. The van der Waals surface area contributed by atoms with Crippen molar-refractivity contribution in [1.29, 1.82) is 0 Å². The number of thioether (sulfide) groups is 1. The van der Waals surface area contributed by atoms with Crippen LogP contribution >= 0.6 is 11.8 Å². The number of aliphatic hydroxyl groups is 1. The van der Waals surface area contributed by atoms with Crippen LogP contribution in [0.3, 0.4) is 0 Å². The minimum Gasteiger partial charge on any atom is -0.396 e. The molecule has 0 saturated heterocycles. The Morgan fingerprint density at radius 1 is 1.53 bits per heavy atom. The van der Waals surface area contributed by atoms with Gasteiger partial charge in [-0.1, -0.05) is 17.8 Å². The van der Waals surface area contributed by atoms with Crippen LogP contribution in [0.4, 0.5) is 0 Å². The van der Waals surface area contributed by atoms with Gasteiger partial charge < -0.3 is 9.67 Å². The van der Waals surface area contributed by atoms with Gasteiger partial charge >= 0.3 is 5.69 Å². The number of allylic oxidation sites excluding steroid dienone is 1. The van der Waals surface area contributed by atoms with Crippen molar-refractivity contribution in [3.05, 3.63) is 33.5 Å². The van der Waals surface area contributed by atoms with Crippen molar-refractivity contribution in [2.45, 2.75) is 11.7 Å². The van der Waals surface area contributed by atoms with E-state index in [-0.39, 0.29) is 6.61 Å². The molecule has 2 rings (SSSR count). The maximum atomic E-state index is 11.9. The minimum atomic E-state index is -0.500. The van der Waals surface area contributed by atoms with Crippen LogP contribution in [0.25, 0.3) is 11.2 Å². The maximum absolute atomic E-state index is 11.9. The number of hydrogen-bond acceptors (Lipinski definition) is 5. The van der Waals surface area contributed by atoms with Gasteiger partial charge in [-0.3, -0.25) is 14.3 Å². The van der Waals surface area contributed by atoms with E-state index >= 15 is 0 Å². The molecule has 2 heterocycles. The third-order valence-corrected chi connectivity index (χ3v) is 3.56. The number of aliphatic hydroxyl groups excluding tert-OH is 1. The van der Waals surface area contributed by atoms with Crippen LogP contribution in [0, 0.1) is 0 Å². The maximum Gasteiger partial charge on any atom is 0.329 e. The average Bonchev–Trinajstić information content (AvgIpc) is 2.74. The highest BCUT2D eigenvalue weighted by Crippen LogP contribution is 2.20. The first kappa shape index (κ1) is 13.6. The summed E-state index contributed by atoms with van der Waals surface area (Å²) in [4.78, 5) is 30.0. The van der Waals surface area contributed by atoms with Gasteiger partial charge in [-0.05, 0) is 0 Å². The fraction of sp³-hybridized carbons (Fsp3) is 0.364. The van der Waals surface area contributed by atoms with Crippen molar-refractivity contribution < 1.29 is 5.11 Å². The number of rotatable bonds is 5. The number of nitrogens with one attached hydrogen (secondary N) is 1. The van der Waals surface area contributed by atoms with Gasteiger partial charge in [-0.15, -0.1) is 6.58 Å². The summed E-state index contributed by atoms with van der Waals surface area (Å²) in [5.74, 6) is 0.465. The van der Waals surface area contributed by atoms with Gasteiger partial charge in [-0.25, -0.2) is 9.78 Å². The van der Waals surface area contributed by atoms with Crippen LogP contribution in [-0.4, -0.2) is 36.6 Å². The molecule has 7 nitrogen and oxygen atoms in total. The van der Waals surface area contributed by atoms with Crippen LogP contribution in [0.2, 0.25) is 0 Å². The number of aryl methyl sites for hydroxylation is 1. The SMILES string of the molecule is C=CCn1c(SCCO)nc2c1c(=O)[nH]c(=O)n2C. The highest BCUT2D eigenvalue weighted by Gasteiger charge is 2.16. The number of aromatic amines is 1. The smallest absolute Gasteiger partial charge is 0.329 e. The molecule has 2 N–H and O–H groups in total. The predicted octanol–water partition coefficient (Wildman–Crippen LogP) is -0.306. The molecule has 0 atom stereocenters. The molecule has 0 aliphatic rings. The number of hydrogen-bond donors (Lipinski definition) is 2. The van der Waals surface area contributed by atoms with Gasteiger partial charge in [0.05, 0.1) is 6.61 Å². The standard InChI is InChI=1S/C11H14N4O3S/c1-3-4-15-7-8(12-11(15)19-6-5-16)14(2)10(18)13-9(7)17/h3,16H,1,4-6H2,2H3,(H,13,17,18). The van der Waals surface area contributed by atoms with Crippen LogP contribution in [0.15, 0.2) is 27.4 Å². The molecule has 0 amide bonds. The average molecular weight is 282 g/mol. The molecule has 102 valence electrons. The fourth-order valence-corrected chi connectivity index (χ4v) is 2.51. The summed E-state index contributed by atoms with van der Waals surface area (Å²) in [6.45, 7) is 4.06. The summed E-state index contributed by atoms with van der Waals surface area (Å²) in [7, 11) is 1.55. The Morgan fingerprint density at radius 2 is 2.26 bits per heavy atom. The molecule has 0 aliphatic heterocycles. The molecule has 0 unspecified atom stereocenters. The summed E-state index contributed by atoms with van der Waals surface area (Å²) >= 11 is 1.32. The van der Waals surface area contributed by atoms with Gasteiger partial charge in [0.1, 0.15) is 0 Å². The van der Waals surface area contributed by atoms with E-state index in [4.69, 9.17) is 5.11 Å². The topological polar surface area (TPSA) is 92.9 Å². The lowest BCUT2D eigenvalue weighted by molar-refractivity contribution is 0.322. The molecule has 0 fully saturated rings. The van der Waals surface area contributed by atoms with E-state index < -0.39 is 11.2 Å². The third kappa shape index (κ3) is 2.36. The summed E-state index contributed by atoms with van der Waals surface area (Å²) in [6.07, 6.45) is 1.65. The number of nitrogens with zero attached hydrogens (tertiary/aromatic N) is 3. The first-order chi connectivity index (χ1) is 9.10. The lowest BCUT2D eigenvalue weighted by Gasteiger charge is -2.04. The highest BCUT2D eigenvalue weighted by molar-refractivity contribution is 7.99. The number of H-pyrrole nitrogens is 1. The first-order valence-corrected chi connectivity index (χ1v) is 6.62. The van der Waals surface area contributed by atoms with Crippen molar-refractivity contribution in [2.24, 2.45) is 7.05 Å². The minimum absolute atomic E-state index is 0.0112. The van der Waals surface area contributed by atoms with E-state index in [0.717, 1.165) is 0 Å². The molecule has 8 heteroatoms. The second-order valence-electron chi connectivity index (χ2n) is 3.86. The second kappa shape index (κ2) is 5.45. The second-order valence-corrected chi connectivity index (χ2v) is 4.92. The number of fused-ring (bicyclic) bond motifs is 1. The molecule has 19 heavy (non-hydrogen) atoms. The van der Waals surface area contributed by atoms with E-state index in [2.05, 4.69) is 16.5 Å². The molecular formula is C11H14N4O3S. The molecule has 0 aliphatic carbocycles. The van der Waals surface area contributed by atoms with Crippen LogP contribution < -0.4 is 11.2 Å². The Labute approximate surface area is 112 Å². The first-order valence-electron chi connectivity index (χ1n) is 5.64. The van der Waals surface area contributed by atoms with Gasteiger partial charge in [0.15, 0.2) is 16.3 Å². The Bertz CT molecular complexity index is 728. The van der Waals surface area contributed by atoms with E-state index in [1.54, 1.807) is 17.7 Å². The molecule has 2 aromatic heterocycles. The van der Waals surface area contributed by atoms with Crippen LogP contribution in [0.5, 0.6) is 0 Å². The van der Waals surface area contributed by atoms with Crippen LogP contribution in [0.1, 0.15) is 0 Å². The Kier molecular flexibility index (Phi) is 3.91. The Hall–Kier alpha value is -1.80.